The van der Waals surface area contributed by atoms with Crippen LogP contribution in [-0.4, -0.2) is 18.7 Å². The molecule has 1 amide bonds. The van der Waals surface area contributed by atoms with Crippen molar-refractivity contribution in [3.63, 3.8) is 0 Å². The summed E-state index contributed by atoms with van der Waals surface area (Å²) in [4.78, 5) is 13.1. The van der Waals surface area contributed by atoms with Crippen molar-refractivity contribution in [2.45, 2.75) is 19.4 Å². The number of carbonyl (C=O) groups excluding carboxylic acids is 1. The predicted molar refractivity (Wildman–Crippen MR) is 59.0 cm³/mol. The second-order valence-electron chi connectivity index (χ2n) is 3.82. The van der Waals surface area contributed by atoms with Gasteiger partial charge in [0.05, 0.1) is 19.0 Å². The van der Waals surface area contributed by atoms with Crippen LogP contribution in [0.25, 0.3) is 0 Å². The second-order valence-corrected chi connectivity index (χ2v) is 3.82. The van der Waals surface area contributed by atoms with E-state index in [0.29, 0.717) is 6.54 Å². The lowest BCUT2D eigenvalue weighted by atomic mass is 10.2. The molecule has 0 radical (unpaired) electrons. The average Bonchev–Trinajstić information content (AvgIpc) is 2.60. The van der Waals surface area contributed by atoms with Crippen LogP contribution in [0.5, 0.6) is 0 Å². The van der Waals surface area contributed by atoms with Crippen molar-refractivity contribution in [2.75, 3.05) is 11.4 Å². The molecule has 1 saturated heterocycles. The standard InChI is InChI=1S/C12H12N2O2/c1-9-3-2-4-10(7-9)14-8-11(5-6-13)16-12(14)15/h2-4,7,11H,5,8H2,1H3. The quantitative estimate of drug-likeness (QED) is 0.761. The number of aryl methyl sites for hydroxylation is 1. The molecule has 0 aliphatic carbocycles. The monoisotopic (exact) mass is 216 g/mol. The summed E-state index contributed by atoms with van der Waals surface area (Å²) in [6, 6.07) is 9.67. The van der Waals surface area contributed by atoms with Gasteiger partial charge in [-0.15, -0.1) is 0 Å². The van der Waals surface area contributed by atoms with Gasteiger partial charge in [0.1, 0.15) is 6.10 Å². The molecule has 0 saturated carbocycles. The van der Waals surface area contributed by atoms with Gasteiger partial charge < -0.3 is 4.74 Å². The summed E-state index contributed by atoms with van der Waals surface area (Å²) in [6.45, 7) is 2.42. The van der Waals surface area contributed by atoms with Crippen LogP contribution in [0.15, 0.2) is 24.3 Å². The highest BCUT2D eigenvalue weighted by Crippen LogP contribution is 2.23. The molecular formula is C12H12N2O2. The summed E-state index contributed by atoms with van der Waals surface area (Å²) >= 11 is 0. The molecule has 0 spiro atoms. The zero-order valence-electron chi connectivity index (χ0n) is 9.01. The Hall–Kier alpha value is -2.02. The summed E-state index contributed by atoms with van der Waals surface area (Å²) in [6.07, 6.45) is -0.433. The zero-order valence-corrected chi connectivity index (χ0v) is 9.01. The molecule has 82 valence electrons. The van der Waals surface area contributed by atoms with Gasteiger partial charge in [-0.1, -0.05) is 12.1 Å². The molecule has 1 fully saturated rings. The summed E-state index contributed by atoms with van der Waals surface area (Å²) in [5, 5.41) is 8.55. The normalized spacial score (nSPS) is 19.4. The molecule has 1 aromatic rings. The molecule has 1 atom stereocenters. The first kappa shape index (κ1) is 10.5. The topological polar surface area (TPSA) is 53.3 Å². The van der Waals surface area contributed by atoms with Gasteiger partial charge in [0, 0.05) is 5.69 Å². The molecule has 1 aliphatic rings. The lowest BCUT2D eigenvalue weighted by molar-refractivity contribution is 0.143. The number of carbonyl (C=O) groups is 1. The van der Waals surface area contributed by atoms with E-state index >= 15 is 0 Å². The van der Waals surface area contributed by atoms with Gasteiger partial charge in [-0.3, -0.25) is 4.90 Å². The second kappa shape index (κ2) is 4.23. The van der Waals surface area contributed by atoms with Crippen molar-refractivity contribution in [2.24, 2.45) is 0 Å². The summed E-state index contributed by atoms with van der Waals surface area (Å²) < 4.78 is 5.07. The smallest absolute Gasteiger partial charge is 0.414 e. The van der Waals surface area contributed by atoms with Crippen LogP contribution < -0.4 is 4.90 Å². The number of hydrogen-bond donors (Lipinski definition) is 0. The Labute approximate surface area is 94.0 Å². The Bertz CT molecular complexity index is 451. The number of cyclic esters (lactones) is 1. The van der Waals surface area contributed by atoms with Gasteiger partial charge in [-0.2, -0.15) is 5.26 Å². The van der Waals surface area contributed by atoms with Gasteiger partial charge in [0.15, 0.2) is 0 Å². The Balaban J connectivity index is 2.17. The molecule has 4 heteroatoms. The molecule has 1 unspecified atom stereocenters. The minimum atomic E-state index is -0.370. The van der Waals surface area contributed by atoms with Gasteiger partial charge in [0.2, 0.25) is 0 Å². The fourth-order valence-electron chi connectivity index (χ4n) is 1.74. The molecule has 1 heterocycles. The number of nitrogens with zero attached hydrogens (tertiary/aromatic N) is 2. The van der Waals surface area contributed by atoms with E-state index in [-0.39, 0.29) is 18.6 Å². The molecule has 0 N–H and O–H groups in total. The number of hydrogen-bond acceptors (Lipinski definition) is 3. The lowest BCUT2D eigenvalue weighted by Gasteiger charge is -2.12. The zero-order chi connectivity index (χ0) is 11.5. The van der Waals surface area contributed by atoms with Crippen molar-refractivity contribution in [3.05, 3.63) is 29.8 Å². The molecule has 2 rings (SSSR count). The number of amides is 1. The highest BCUT2D eigenvalue weighted by Gasteiger charge is 2.31. The van der Waals surface area contributed by atoms with Gasteiger partial charge in [-0.25, -0.2) is 4.79 Å². The van der Waals surface area contributed by atoms with Crippen molar-refractivity contribution in [1.29, 1.82) is 5.26 Å². The Kier molecular flexibility index (Phi) is 2.78. The van der Waals surface area contributed by atoms with E-state index in [0.717, 1.165) is 11.3 Å². The third-order valence-corrected chi connectivity index (χ3v) is 2.51. The fraction of sp³-hybridized carbons (Fsp3) is 0.333. The van der Waals surface area contributed by atoms with Crippen LogP contribution in [0.4, 0.5) is 10.5 Å². The lowest BCUT2D eigenvalue weighted by Crippen LogP contribution is -2.24. The SMILES string of the molecule is Cc1cccc(N2CC(CC#N)OC2=O)c1. The van der Waals surface area contributed by atoms with E-state index in [1.807, 2.05) is 37.3 Å². The van der Waals surface area contributed by atoms with Crippen molar-refractivity contribution >= 4 is 11.8 Å². The largest absolute Gasteiger partial charge is 0.443 e. The minimum absolute atomic E-state index is 0.244. The van der Waals surface area contributed by atoms with Crippen LogP contribution in [0.2, 0.25) is 0 Å². The predicted octanol–water partition coefficient (Wildman–Crippen LogP) is 2.23. The third kappa shape index (κ3) is 1.98. The molecule has 4 nitrogen and oxygen atoms in total. The maximum absolute atomic E-state index is 11.6. The minimum Gasteiger partial charge on any atom is -0.443 e. The highest BCUT2D eigenvalue weighted by molar-refractivity contribution is 5.89. The molecule has 16 heavy (non-hydrogen) atoms. The van der Waals surface area contributed by atoms with Gasteiger partial charge >= 0.3 is 6.09 Å². The van der Waals surface area contributed by atoms with Crippen LogP contribution in [0.1, 0.15) is 12.0 Å². The number of anilines is 1. The van der Waals surface area contributed by atoms with E-state index in [9.17, 15) is 4.79 Å². The van der Waals surface area contributed by atoms with Crippen LogP contribution in [-0.2, 0) is 4.74 Å². The van der Waals surface area contributed by atoms with E-state index in [1.54, 1.807) is 4.90 Å². The number of ether oxygens (including phenoxy) is 1. The van der Waals surface area contributed by atoms with Crippen molar-refractivity contribution < 1.29 is 9.53 Å². The van der Waals surface area contributed by atoms with Crippen molar-refractivity contribution in [3.8, 4) is 6.07 Å². The van der Waals surface area contributed by atoms with Crippen molar-refractivity contribution in [1.82, 2.24) is 0 Å². The fourth-order valence-corrected chi connectivity index (χ4v) is 1.74. The molecule has 0 aromatic heterocycles. The average molecular weight is 216 g/mol. The first-order chi connectivity index (χ1) is 7.70. The molecular weight excluding hydrogens is 204 g/mol. The Morgan fingerprint density at radius 3 is 3.12 bits per heavy atom. The molecule has 0 bridgehead atoms. The van der Waals surface area contributed by atoms with E-state index in [1.165, 1.54) is 0 Å². The number of nitriles is 1. The maximum Gasteiger partial charge on any atom is 0.414 e. The third-order valence-electron chi connectivity index (χ3n) is 2.51. The first-order valence-electron chi connectivity index (χ1n) is 5.12. The van der Waals surface area contributed by atoms with Crippen LogP contribution in [0, 0.1) is 18.3 Å². The summed E-state index contributed by atoms with van der Waals surface area (Å²) in [5.74, 6) is 0. The molecule has 1 aliphatic heterocycles. The molecule has 1 aromatic carbocycles. The first-order valence-corrected chi connectivity index (χ1v) is 5.12. The number of rotatable bonds is 2. The van der Waals surface area contributed by atoms with Gasteiger partial charge in [-0.05, 0) is 24.6 Å². The van der Waals surface area contributed by atoms with Crippen LogP contribution >= 0.6 is 0 Å². The number of benzene rings is 1. The maximum atomic E-state index is 11.6. The van der Waals surface area contributed by atoms with E-state index in [2.05, 4.69) is 0 Å². The highest BCUT2D eigenvalue weighted by atomic mass is 16.6. The van der Waals surface area contributed by atoms with Gasteiger partial charge in [0.25, 0.3) is 0 Å². The van der Waals surface area contributed by atoms with E-state index in [4.69, 9.17) is 10.00 Å². The summed E-state index contributed by atoms with van der Waals surface area (Å²) in [7, 11) is 0. The van der Waals surface area contributed by atoms with E-state index < -0.39 is 0 Å². The van der Waals surface area contributed by atoms with Crippen LogP contribution in [0.3, 0.4) is 0 Å². The summed E-state index contributed by atoms with van der Waals surface area (Å²) in [5.41, 5.74) is 1.92. The Morgan fingerprint density at radius 1 is 1.62 bits per heavy atom. The Morgan fingerprint density at radius 2 is 2.44 bits per heavy atom.